The van der Waals surface area contributed by atoms with Crippen LogP contribution in [0.1, 0.15) is 5.56 Å². The van der Waals surface area contributed by atoms with Crippen molar-refractivity contribution in [3.8, 4) is 5.75 Å². The minimum Gasteiger partial charge on any atom is -0.511 e. The second-order valence-corrected chi connectivity index (χ2v) is 2.26. The van der Waals surface area contributed by atoms with Gasteiger partial charge in [0.2, 0.25) is 0 Å². The zero-order chi connectivity index (χ0) is 9.68. The van der Waals surface area contributed by atoms with Crippen LogP contribution >= 0.6 is 0 Å². The van der Waals surface area contributed by atoms with Crippen LogP contribution in [0.3, 0.4) is 0 Å². The molecule has 0 saturated carbocycles. The Labute approximate surface area is 75.6 Å². The molecule has 0 saturated heterocycles. The summed E-state index contributed by atoms with van der Waals surface area (Å²) in [6, 6.07) is 6.73. The van der Waals surface area contributed by atoms with Crippen LogP contribution in [0.2, 0.25) is 0 Å². The van der Waals surface area contributed by atoms with Crippen molar-refractivity contribution in [2.45, 2.75) is 0 Å². The number of hydrazone groups is 1. The van der Waals surface area contributed by atoms with Crippen LogP contribution in [-0.2, 0) is 0 Å². The monoisotopic (exact) mass is 180 g/mol. The fraction of sp³-hybridized carbons (Fsp3) is 0. The Balaban J connectivity index is 2.90. The van der Waals surface area contributed by atoms with Gasteiger partial charge >= 0.3 is 7.32 Å². The predicted octanol–water partition coefficient (Wildman–Crippen LogP) is -0.672. The molecule has 5 nitrogen and oxygen atoms in total. The minimum atomic E-state index is -1.84. The zero-order valence-electron chi connectivity index (χ0n) is 6.79. The van der Waals surface area contributed by atoms with Gasteiger partial charge in [-0.3, -0.25) is 0 Å². The molecule has 1 aromatic carbocycles. The second kappa shape index (κ2) is 4.49. The Hall–Kier alpha value is -1.53. The van der Waals surface area contributed by atoms with Gasteiger partial charge in [-0.2, -0.15) is 5.10 Å². The maximum absolute atomic E-state index is 8.56. The lowest BCUT2D eigenvalue weighted by atomic mass is 10.2. The molecular weight excluding hydrogens is 171 g/mol. The molecule has 1 aromatic rings. The Morgan fingerprint density at radius 3 is 2.69 bits per heavy atom. The van der Waals surface area contributed by atoms with Gasteiger partial charge in [-0.05, 0) is 12.1 Å². The zero-order valence-corrected chi connectivity index (χ0v) is 6.79. The van der Waals surface area contributed by atoms with Crippen molar-refractivity contribution in [3.63, 3.8) is 0 Å². The minimum absolute atomic E-state index is 0.312. The molecule has 0 bridgehead atoms. The molecule has 1 rings (SSSR count). The highest BCUT2D eigenvalue weighted by atomic mass is 16.6. The quantitative estimate of drug-likeness (QED) is 0.249. The molecule has 0 heterocycles. The van der Waals surface area contributed by atoms with Crippen LogP contribution < -0.4 is 10.5 Å². The van der Waals surface area contributed by atoms with E-state index in [1.54, 1.807) is 24.3 Å². The average molecular weight is 180 g/mol. The van der Waals surface area contributed by atoms with E-state index in [1.165, 1.54) is 6.21 Å². The smallest absolute Gasteiger partial charge is 0.511 e. The molecule has 0 aliphatic heterocycles. The van der Waals surface area contributed by atoms with Gasteiger partial charge in [-0.25, -0.2) is 0 Å². The molecule has 6 heteroatoms. The Bertz CT molecular complexity index is 304. The third-order valence-corrected chi connectivity index (χ3v) is 1.37. The molecule has 0 unspecified atom stereocenters. The summed E-state index contributed by atoms with van der Waals surface area (Å²) in [6.07, 6.45) is 1.36. The first-order valence-electron chi connectivity index (χ1n) is 3.59. The van der Waals surface area contributed by atoms with Crippen LogP contribution in [0.5, 0.6) is 5.75 Å². The van der Waals surface area contributed by atoms with Crippen LogP contribution in [0.15, 0.2) is 29.4 Å². The lowest BCUT2D eigenvalue weighted by molar-refractivity contribution is 0.288. The summed E-state index contributed by atoms with van der Waals surface area (Å²) in [7, 11) is -1.84. The van der Waals surface area contributed by atoms with E-state index in [2.05, 4.69) is 9.76 Å². The van der Waals surface area contributed by atoms with E-state index in [0.717, 1.165) is 0 Å². The number of nitrogens with two attached hydrogens (primary N) is 1. The average Bonchev–Trinajstić information content (AvgIpc) is 2.08. The van der Waals surface area contributed by atoms with Crippen molar-refractivity contribution < 1.29 is 14.7 Å². The molecular formula is C7H9BN2O3. The molecule has 0 amide bonds. The highest BCUT2D eigenvalue weighted by Crippen LogP contribution is 2.15. The number of para-hydroxylation sites is 1. The third-order valence-electron chi connectivity index (χ3n) is 1.37. The summed E-state index contributed by atoms with van der Waals surface area (Å²) >= 11 is 0. The Morgan fingerprint density at radius 1 is 1.38 bits per heavy atom. The summed E-state index contributed by atoms with van der Waals surface area (Å²) in [5, 5.41) is 20.4. The van der Waals surface area contributed by atoms with Gasteiger partial charge in [-0.1, -0.05) is 12.1 Å². The van der Waals surface area contributed by atoms with Crippen molar-refractivity contribution in [1.29, 1.82) is 0 Å². The Kier molecular flexibility index (Phi) is 3.30. The fourth-order valence-corrected chi connectivity index (χ4v) is 0.888. The molecule has 0 radical (unpaired) electrons. The van der Waals surface area contributed by atoms with E-state index in [4.69, 9.17) is 15.9 Å². The predicted molar refractivity (Wildman–Crippen MR) is 49.0 cm³/mol. The largest absolute Gasteiger partial charge is 0.707 e. The van der Waals surface area contributed by atoms with Gasteiger partial charge in [0.1, 0.15) is 5.75 Å². The molecule has 4 N–H and O–H groups in total. The number of rotatable bonds is 3. The van der Waals surface area contributed by atoms with Crippen LogP contribution in [-0.4, -0.2) is 23.6 Å². The molecule has 68 valence electrons. The first kappa shape index (κ1) is 9.56. The highest BCUT2D eigenvalue weighted by molar-refractivity contribution is 6.33. The maximum atomic E-state index is 8.56. The van der Waals surface area contributed by atoms with Crippen LogP contribution in [0.4, 0.5) is 0 Å². The molecule has 0 fully saturated rings. The van der Waals surface area contributed by atoms with Gasteiger partial charge in [-0.15, -0.1) is 0 Å². The van der Waals surface area contributed by atoms with Gasteiger partial charge < -0.3 is 20.5 Å². The molecule has 0 aliphatic rings. The van der Waals surface area contributed by atoms with Gasteiger partial charge in [0.25, 0.3) is 0 Å². The van der Waals surface area contributed by atoms with Gasteiger partial charge in [0.15, 0.2) is 0 Å². The first-order chi connectivity index (χ1) is 6.24. The SMILES string of the molecule is NN=Cc1ccccc1OB(O)O. The molecule has 0 aliphatic carbocycles. The summed E-state index contributed by atoms with van der Waals surface area (Å²) in [5.74, 6) is 5.26. The van der Waals surface area contributed by atoms with Crippen molar-refractivity contribution in [2.75, 3.05) is 0 Å². The van der Waals surface area contributed by atoms with E-state index in [0.29, 0.717) is 11.3 Å². The van der Waals surface area contributed by atoms with Crippen molar-refractivity contribution in [3.05, 3.63) is 29.8 Å². The third kappa shape index (κ3) is 2.77. The number of nitrogens with zero attached hydrogens (tertiary/aromatic N) is 1. The second-order valence-electron chi connectivity index (χ2n) is 2.26. The topological polar surface area (TPSA) is 88.1 Å². The maximum Gasteiger partial charge on any atom is 0.707 e. The van der Waals surface area contributed by atoms with Gasteiger partial charge in [0.05, 0.1) is 6.21 Å². The normalized spacial score (nSPS) is 10.3. The van der Waals surface area contributed by atoms with Gasteiger partial charge in [0, 0.05) is 5.56 Å². The fourth-order valence-electron chi connectivity index (χ4n) is 0.888. The number of hydrogen-bond donors (Lipinski definition) is 3. The molecule has 0 spiro atoms. The van der Waals surface area contributed by atoms with E-state index >= 15 is 0 Å². The van der Waals surface area contributed by atoms with Crippen molar-refractivity contribution >= 4 is 13.5 Å². The van der Waals surface area contributed by atoms with E-state index < -0.39 is 7.32 Å². The van der Waals surface area contributed by atoms with E-state index in [1.807, 2.05) is 0 Å². The summed E-state index contributed by atoms with van der Waals surface area (Å²) in [4.78, 5) is 0. The van der Waals surface area contributed by atoms with E-state index in [-0.39, 0.29) is 0 Å². The highest BCUT2D eigenvalue weighted by Gasteiger charge is 2.12. The molecule has 13 heavy (non-hydrogen) atoms. The molecule has 0 atom stereocenters. The van der Waals surface area contributed by atoms with Crippen molar-refractivity contribution in [2.24, 2.45) is 10.9 Å². The van der Waals surface area contributed by atoms with Crippen molar-refractivity contribution in [1.82, 2.24) is 0 Å². The first-order valence-corrected chi connectivity index (χ1v) is 3.59. The summed E-state index contributed by atoms with van der Waals surface area (Å²) < 4.78 is 4.66. The number of benzene rings is 1. The van der Waals surface area contributed by atoms with E-state index in [9.17, 15) is 0 Å². The summed E-state index contributed by atoms with van der Waals surface area (Å²) in [5.41, 5.74) is 0.582. The molecule has 0 aromatic heterocycles. The number of hydrogen-bond acceptors (Lipinski definition) is 5. The lowest BCUT2D eigenvalue weighted by Crippen LogP contribution is -2.21. The Morgan fingerprint density at radius 2 is 2.08 bits per heavy atom. The van der Waals surface area contributed by atoms with Crippen LogP contribution in [0.25, 0.3) is 0 Å². The lowest BCUT2D eigenvalue weighted by Gasteiger charge is -2.06. The standard InChI is InChI=1S/C7H9BN2O3/c9-10-5-6-3-1-2-4-7(6)13-8(11)12/h1-5,11-12H,9H2. The van der Waals surface area contributed by atoms with Crippen LogP contribution in [0, 0.1) is 0 Å². The summed E-state index contributed by atoms with van der Waals surface area (Å²) in [6.45, 7) is 0.